The molecule has 0 spiro atoms. The first-order chi connectivity index (χ1) is 10.8. The van der Waals surface area contributed by atoms with Crippen molar-refractivity contribution in [2.24, 2.45) is 0 Å². The zero-order chi connectivity index (χ0) is 15.4. The molecule has 0 amide bonds. The average molecular weight is 300 g/mol. The SMILES string of the molecule is COCCCNc1nccc2[nH]c(-c3cccc(F)c3)nc12. The molecule has 0 fully saturated rings. The number of fused-ring (bicyclic) bond motifs is 1. The first kappa shape index (κ1) is 14.5. The lowest BCUT2D eigenvalue weighted by molar-refractivity contribution is 0.198. The van der Waals surface area contributed by atoms with E-state index in [1.807, 2.05) is 12.1 Å². The van der Waals surface area contributed by atoms with E-state index in [-0.39, 0.29) is 5.82 Å². The van der Waals surface area contributed by atoms with Gasteiger partial charge in [0.05, 0.1) is 5.52 Å². The molecule has 0 bridgehead atoms. The fraction of sp³-hybridized carbons (Fsp3) is 0.250. The summed E-state index contributed by atoms with van der Waals surface area (Å²) in [6.45, 7) is 1.44. The second kappa shape index (κ2) is 6.53. The van der Waals surface area contributed by atoms with Gasteiger partial charge in [0.1, 0.15) is 17.2 Å². The van der Waals surface area contributed by atoms with Gasteiger partial charge in [-0.2, -0.15) is 0 Å². The molecule has 22 heavy (non-hydrogen) atoms. The first-order valence-electron chi connectivity index (χ1n) is 7.11. The number of imidazole rings is 1. The molecule has 2 aromatic heterocycles. The van der Waals surface area contributed by atoms with Gasteiger partial charge in [-0.25, -0.2) is 14.4 Å². The van der Waals surface area contributed by atoms with Crippen LogP contribution in [0.25, 0.3) is 22.4 Å². The Hall–Kier alpha value is -2.47. The van der Waals surface area contributed by atoms with Crippen LogP contribution in [0.4, 0.5) is 10.2 Å². The third kappa shape index (κ3) is 3.07. The standard InChI is InChI=1S/C16H17FN4O/c1-22-9-3-7-18-16-14-13(6-8-19-16)20-15(21-14)11-4-2-5-12(17)10-11/h2,4-6,8,10H,3,7,9H2,1H3,(H,18,19)(H,20,21). The number of nitrogens with one attached hydrogen (secondary N) is 2. The van der Waals surface area contributed by atoms with Crippen molar-refractivity contribution in [3.05, 3.63) is 42.3 Å². The van der Waals surface area contributed by atoms with Crippen molar-refractivity contribution in [1.29, 1.82) is 0 Å². The molecule has 3 rings (SSSR count). The number of aromatic nitrogens is 3. The highest BCUT2D eigenvalue weighted by Crippen LogP contribution is 2.24. The van der Waals surface area contributed by atoms with Crippen LogP contribution in [0.5, 0.6) is 0 Å². The summed E-state index contributed by atoms with van der Waals surface area (Å²) >= 11 is 0. The molecule has 0 radical (unpaired) electrons. The summed E-state index contributed by atoms with van der Waals surface area (Å²) in [7, 11) is 1.68. The van der Waals surface area contributed by atoms with Gasteiger partial charge in [-0.3, -0.25) is 0 Å². The minimum atomic E-state index is -0.283. The van der Waals surface area contributed by atoms with E-state index in [1.54, 1.807) is 19.4 Å². The number of benzene rings is 1. The summed E-state index contributed by atoms with van der Waals surface area (Å²) in [5, 5.41) is 3.25. The molecule has 0 saturated carbocycles. The smallest absolute Gasteiger partial charge is 0.154 e. The lowest BCUT2D eigenvalue weighted by Crippen LogP contribution is -2.06. The maximum Gasteiger partial charge on any atom is 0.154 e. The third-order valence-electron chi connectivity index (χ3n) is 3.32. The monoisotopic (exact) mass is 300 g/mol. The van der Waals surface area contributed by atoms with E-state index >= 15 is 0 Å². The predicted molar refractivity (Wildman–Crippen MR) is 84.3 cm³/mol. The van der Waals surface area contributed by atoms with Crippen LogP contribution in [0.2, 0.25) is 0 Å². The number of hydrogen-bond acceptors (Lipinski definition) is 4. The molecule has 2 N–H and O–H groups in total. The van der Waals surface area contributed by atoms with Gasteiger partial charge in [0, 0.05) is 32.0 Å². The third-order valence-corrected chi connectivity index (χ3v) is 3.32. The highest BCUT2D eigenvalue weighted by molar-refractivity contribution is 5.88. The minimum Gasteiger partial charge on any atom is -0.385 e. The fourth-order valence-electron chi connectivity index (χ4n) is 2.26. The number of anilines is 1. The molecule has 6 heteroatoms. The van der Waals surface area contributed by atoms with Crippen LogP contribution >= 0.6 is 0 Å². The number of halogens is 1. The topological polar surface area (TPSA) is 62.8 Å². The van der Waals surface area contributed by atoms with E-state index in [0.717, 1.165) is 24.0 Å². The number of methoxy groups -OCH3 is 1. The van der Waals surface area contributed by atoms with Gasteiger partial charge in [-0.05, 0) is 24.6 Å². The molecule has 114 valence electrons. The second-order valence-electron chi connectivity index (χ2n) is 4.92. The quantitative estimate of drug-likeness (QED) is 0.686. The van der Waals surface area contributed by atoms with Gasteiger partial charge in [0.2, 0.25) is 0 Å². The van der Waals surface area contributed by atoms with Crippen LogP contribution in [0, 0.1) is 5.82 Å². The van der Waals surface area contributed by atoms with Crippen LogP contribution in [-0.2, 0) is 4.74 Å². The van der Waals surface area contributed by atoms with E-state index < -0.39 is 0 Å². The maximum atomic E-state index is 13.3. The Morgan fingerprint density at radius 3 is 3.05 bits per heavy atom. The summed E-state index contributed by atoms with van der Waals surface area (Å²) < 4.78 is 18.4. The molecule has 5 nitrogen and oxygen atoms in total. The highest BCUT2D eigenvalue weighted by atomic mass is 19.1. The van der Waals surface area contributed by atoms with Crippen LogP contribution in [0.1, 0.15) is 6.42 Å². The molecule has 1 aromatic carbocycles. The minimum absolute atomic E-state index is 0.283. The average Bonchev–Trinajstić information content (AvgIpc) is 2.96. The molecular weight excluding hydrogens is 283 g/mol. The Labute approximate surface area is 127 Å². The van der Waals surface area contributed by atoms with E-state index in [4.69, 9.17) is 4.74 Å². The van der Waals surface area contributed by atoms with E-state index in [1.165, 1.54) is 12.1 Å². The Kier molecular flexibility index (Phi) is 4.29. The molecule has 0 aliphatic heterocycles. The largest absolute Gasteiger partial charge is 0.385 e. The molecular formula is C16H17FN4O. The molecule has 0 saturated heterocycles. The summed E-state index contributed by atoms with van der Waals surface area (Å²) in [6.07, 6.45) is 2.60. The van der Waals surface area contributed by atoms with E-state index in [2.05, 4.69) is 20.3 Å². The Bertz CT molecular complexity index is 772. The summed E-state index contributed by atoms with van der Waals surface area (Å²) in [6, 6.07) is 8.21. The number of pyridine rings is 1. The number of nitrogens with zero attached hydrogens (tertiary/aromatic N) is 2. The molecule has 3 aromatic rings. The summed E-state index contributed by atoms with van der Waals surface area (Å²) in [4.78, 5) is 12.1. The van der Waals surface area contributed by atoms with E-state index in [0.29, 0.717) is 23.8 Å². The van der Waals surface area contributed by atoms with Crippen molar-refractivity contribution in [2.75, 3.05) is 25.6 Å². The molecule has 0 unspecified atom stereocenters. The van der Waals surface area contributed by atoms with Gasteiger partial charge in [0.25, 0.3) is 0 Å². The molecule has 0 aliphatic carbocycles. The summed E-state index contributed by atoms with van der Waals surface area (Å²) in [5.41, 5.74) is 2.32. The van der Waals surface area contributed by atoms with Crippen molar-refractivity contribution in [3.63, 3.8) is 0 Å². The maximum absolute atomic E-state index is 13.3. The van der Waals surface area contributed by atoms with Gasteiger partial charge >= 0.3 is 0 Å². The number of hydrogen-bond donors (Lipinski definition) is 2. The Morgan fingerprint density at radius 2 is 2.23 bits per heavy atom. The lowest BCUT2D eigenvalue weighted by atomic mass is 10.2. The number of rotatable bonds is 6. The van der Waals surface area contributed by atoms with Crippen molar-refractivity contribution in [2.45, 2.75) is 6.42 Å². The molecule has 0 aliphatic rings. The summed E-state index contributed by atoms with van der Waals surface area (Å²) in [5.74, 6) is 1.06. The van der Waals surface area contributed by atoms with Crippen LogP contribution in [0.3, 0.4) is 0 Å². The number of H-pyrrole nitrogens is 1. The fourth-order valence-corrected chi connectivity index (χ4v) is 2.26. The number of ether oxygens (including phenoxy) is 1. The van der Waals surface area contributed by atoms with Crippen molar-refractivity contribution >= 4 is 16.9 Å². The van der Waals surface area contributed by atoms with Crippen molar-refractivity contribution in [1.82, 2.24) is 15.0 Å². The Balaban J connectivity index is 1.89. The highest BCUT2D eigenvalue weighted by Gasteiger charge is 2.10. The van der Waals surface area contributed by atoms with Gasteiger partial charge in [-0.15, -0.1) is 0 Å². The van der Waals surface area contributed by atoms with Crippen molar-refractivity contribution < 1.29 is 9.13 Å². The van der Waals surface area contributed by atoms with Crippen LogP contribution in [0.15, 0.2) is 36.5 Å². The lowest BCUT2D eigenvalue weighted by Gasteiger charge is -2.04. The predicted octanol–water partition coefficient (Wildman–Crippen LogP) is 3.21. The van der Waals surface area contributed by atoms with E-state index in [9.17, 15) is 4.39 Å². The van der Waals surface area contributed by atoms with Crippen LogP contribution < -0.4 is 5.32 Å². The number of aromatic amines is 1. The normalized spacial score (nSPS) is 11.0. The zero-order valence-electron chi connectivity index (χ0n) is 12.3. The van der Waals surface area contributed by atoms with Crippen molar-refractivity contribution in [3.8, 4) is 11.4 Å². The second-order valence-corrected chi connectivity index (χ2v) is 4.92. The Morgan fingerprint density at radius 1 is 1.32 bits per heavy atom. The van der Waals surface area contributed by atoms with Gasteiger partial charge in [-0.1, -0.05) is 12.1 Å². The van der Waals surface area contributed by atoms with Gasteiger partial charge < -0.3 is 15.0 Å². The zero-order valence-corrected chi connectivity index (χ0v) is 12.3. The molecule has 2 heterocycles. The van der Waals surface area contributed by atoms with Gasteiger partial charge in [0.15, 0.2) is 5.82 Å². The molecule has 0 atom stereocenters. The first-order valence-corrected chi connectivity index (χ1v) is 7.11. The van der Waals surface area contributed by atoms with Crippen LogP contribution in [-0.4, -0.2) is 35.2 Å².